The molecule has 0 amide bonds. The zero-order valence-electron chi connectivity index (χ0n) is 29.9. The van der Waals surface area contributed by atoms with Crippen LogP contribution in [0.15, 0.2) is 0 Å². The fraction of sp³-hybridized carbons (Fsp3) is 1.00. The Morgan fingerprint density at radius 2 is 0.651 bits per heavy atom. The molecule has 3 heteroatoms. The zero-order valence-corrected chi connectivity index (χ0v) is 32.1. The van der Waals surface area contributed by atoms with E-state index in [1.165, 1.54) is 205 Å². The highest BCUT2D eigenvalue weighted by molar-refractivity contribution is 14.1. The van der Waals surface area contributed by atoms with Gasteiger partial charge >= 0.3 is 0 Å². The van der Waals surface area contributed by atoms with Crippen LogP contribution in [0.4, 0.5) is 0 Å². The molecule has 2 nitrogen and oxygen atoms in total. The molecule has 0 heterocycles. The summed E-state index contributed by atoms with van der Waals surface area (Å²) in [5.74, 6) is 0. The number of halogens is 1. The summed E-state index contributed by atoms with van der Waals surface area (Å²) < 4.78 is 13.4. The van der Waals surface area contributed by atoms with Crippen LogP contribution in [-0.4, -0.2) is 30.4 Å². The van der Waals surface area contributed by atoms with Crippen LogP contribution in [-0.2, 0) is 9.47 Å². The van der Waals surface area contributed by atoms with Gasteiger partial charge in [0.1, 0.15) is 0 Å². The molecule has 0 rings (SSSR count). The summed E-state index contributed by atoms with van der Waals surface area (Å²) >= 11 is 2.48. The fourth-order valence-electron chi connectivity index (χ4n) is 6.20. The Labute approximate surface area is 286 Å². The van der Waals surface area contributed by atoms with Crippen molar-refractivity contribution in [1.29, 1.82) is 0 Å². The lowest BCUT2D eigenvalue weighted by Gasteiger charge is -2.17. The Morgan fingerprint density at radius 3 is 0.953 bits per heavy atom. The first-order valence-corrected chi connectivity index (χ1v) is 21.6. The van der Waals surface area contributed by atoms with Crippen molar-refractivity contribution in [1.82, 2.24) is 0 Å². The van der Waals surface area contributed by atoms with Gasteiger partial charge in [0.2, 0.25) is 0 Å². The van der Waals surface area contributed by atoms with Crippen molar-refractivity contribution in [3.63, 3.8) is 0 Å². The Balaban J connectivity index is 3.34. The lowest BCUT2D eigenvalue weighted by molar-refractivity contribution is -0.0191. The normalized spacial score (nSPS) is 12.3. The topological polar surface area (TPSA) is 18.5 Å². The number of ether oxygens (including phenoxy) is 2. The average molecular weight is 721 g/mol. The molecule has 0 aromatic rings. The molecule has 0 aliphatic heterocycles. The van der Waals surface area contributed by atoms with E-state index in [4.69, 9.17) is 9.47 Å². The van der Waals surface area contributed by atoms with Gasteiger partial charge in [0.15, 0.2) is 0 Å². The van der Waals surface area contributed by atoms with E-state index in [9.17, 15) is 0 Å². The van der Waals surface area contributed by atoms with E-state index in [1.807, 2.05) is 0 Å². The smallest absolute Gasteiger partial charge is 0.0815 e. The average Bonchev–Trinajstić information content (AvgIpc) is 3.01. The number of alkyl halides is 1. The Kier molecular flexibility index (Phi) is 41.3. The maximum Gasteiger partial charge on any atom is 0.0815 e. The first kappa shape index (κ1) is 43.6. The molecule has 0 bridgehead atoms. The van der Waals surface area contributed by atoms with Gasteiger partial charge in [-0.15, -0.1) is 0 Å². The van der Waals surface area contributed by atoms with Crippen molar-refractivity contribution in [2.24, 2.45) is 0 Å². The lowest BCUT2D eigenvalue weighted by Crippen LogP contribution is -2.21. The summed E-state index contributed by atoms with van der Waals surface area (Å²) in [5.41, 5.74) is 0. The maximum absolute atomic E-state index is 6.20. The van der Waals surface area contributed by atoms with Gasteiger partial charge in [-0.05, 0) is 19.3 Å². The van der Waals surface area contributed by atoms with E-state index < -0.39 is 0 Å². The van der Waals surface area contributed by atoms with E-state index >= 15 is 0 Å². The van der Waals surface area contributed by atoms with Crippen LogP contribution >= 0.6 is 22.6 Å². The van der Waals surface area contributed by atoms with Crippen molar-refractivity contribution in [3.05, 3.63) is 0 Å². The predicted molar refractivity (Wildman–Crippen MR) is 203 cm³/mol. The highest BCUT2D eigenvalue weighted by atomic mass is 127. The van der Waals surface area contributed by atoms with Crippen molar-refractivity contribution in [3.8, 4) is 0 Å². The molecule has 0 N–H and O–H groups in total. The molecule has 0 aromatic heterocycles. The monoisotopic (exact) mass is 721 g/mol. The molecule has 1 unspecified atom stereocenters. The van der Waals surface area contributed by atoms with E-state index in [-0.39, 0.29) is 0 Å². The molecular formula is C40H81IO2. The second kappa shape index (κ2) is 40.7. The standard InChI is InChI=1S/C40H81IO2/c1-3-5-7-9-11-13-15-17-19-21-23-25-27-29-31-33-37-42-39-40(35-36-41)43-38-34-32-30-28-26-24-22-20-18-16-14-12-10-8-6-4-2/h40H,3-39H2,1-2H3. The van der Waals surface area contributed by atoms with Crippen LogP contribution in [0.1, 0.15) is 226 Å². The molecule has 260 valence electrons. The minimum atomic E-state index is 0.300. The summed E-state index contributed by atoms with van der Waals surface area (Å²) in [7, 11) is 0. The molecule has 0 aliphatic rings. The molecule has 0 aromatic carbocycles. The summed E-state index contributed by atoms with van der Waals surface area (Å²) in [6.45, 7) is 7.23. The first-order chi connectivity index (χ1) is 21.3. The fourth-order valence-corrected chi connectivity index (χ4v) is 6.90. The molecule has 0 aliphatic carbocycles. The number of hydrogen-bond acceptors (Lipinski definition) is 2. The molecule has 0 fully saturated rings. The van der Waals surface area contributed by atoms with E-state index in [2.05, 4.69) is 36.4 Å². The van der Waals surface area contributed by atoms with Gasteiger partial charge < -0.3 is 9.47 Å². The summed E-state index contributed by atoms with van der Waals surface area (Å²) in [6.07, 6.45) is 46.9. The Bertz CT molecular complexity index is 471. The minimum Gasteiger partial charge on any atom is -0.379 e. The van der Waals surface area contributed by atoms with Crippen LogP contribution in [0.25, 0.3) is 0 Å². The third-order valence-electron chi connectivity index (χ3n) is 9.23. The molecule has 0 saturated heterocycles. The molecule has 43 heavy (non-hydrogen) atoms. The number of unbranched alkanes of at least 4 members (excludes halogenated alkanes) is 30. The molecule has 0 saturated carbocycles. The van der Waals surface area contributed by atoms with Gasteiger partial charge in [-0.25, -0.2) is 0 Å². The van der Waals surface area contributed by atoms with Gasteiger partial charge in [0.25, 0.3) is 0 Å². The SMILES string of the molecule is CCCCCCCCCCCCCCCCCCOCC(CCI)OCCCCCCCCCCCCCCCCCC. The van der Waals surface area contributed by atoms with Crippen molar-refractivity contribution < 1.29 is 9.47 Å². The molecule has 0 spiro atoms. The van der Waals surface area contributed by atoms with E-state index in [0.29, 0.717) is 6.10 Å². The second-order valence-corrected chi connectivity index (χ2v) is 14.7. The highest BCUT2D eigenvalue weighted by Gasteiger charge is 2.08. The summed E-state index contributed by atoms with van der Waals surface area (Å²) in [6, 6.07) is 0. The first-order valence-electron chi connectivity index (χ1n) is 20.1. The zero-order chi connectivity index (χ0) is 31.2. The minimum absolute atomic E-state index is 0.300. The third-order valence-corrected chi connectivity index (χ3v) is 9.85. The second-order valence-electron chi connectivity index (χ2n) is 13.7. The number of rotatable bonds is 39. The van der Waals surface area contributed by atoms with Crippen LogP contribution in [0.3, 0.4) is 0 Å². The Morgan fingerprint density at radius 1 is 0.372 bits per heavy atom. The summed E-state index contributed by atoms with van der Waals surface area (Å²) in [4.78, 5) is 0. The molecule has 0 radical (unpaired) electrons. The van der Waals surface area contributed by atoms with Gasteiger partial charge in [-0.3, -0.25) is 0 Å². The van der Waals surface area contributed by atoms with Crippen LogP contribution in [0, 0.1) is 0 Å². The maximum atomic E-state index is 6.20. The van der Waals surface area contributed by atoms with Crippen LogP contribution in [0.2, 0.25) is 0 Å². The molecular weight excluding hydrogens is 639 g/mol. The van der Waals surface area contributed by atoms with Gasteiger partial charge in [-0.1, -0.05) is 229 Å². The van der Waals surface area contributed by atoms with Crippen LogP contribution < -0.4 is 0 Å². The van der Waals surface area contributed by atoms with Gasteiger partial charge in [0, 0.05) is 17.6 Å². The van der Waals surface area contributed by atoms with Crippen molar-refractivity contribution in [2.45, 2.75) is 232 Å². The largest absolute Gasteiger partial charge is 0.379 e. The lowest BCUT2D eigenvalue weighted by atomic mass is 10.0. The van der Waals surface area contributed by atoms with Crippen molar-refractivity contribution >= 4 is 22.6 Å². The van der Waals surface area contributed by atoms with Gasteiger partial charge in [-0.2, -0.15) is 0 Å². The van der Waals surface area contributed by atoms with E-state index in [0.717, 1.165) is 30.7 Å². The highest BCUT2D eigenvalue weighted by Crippen LogP contribution is 2.16. The quantitative estimate of drug-likeness (QED) is 0.0358. The predicted octanol–water partition coefficient (Wildman–Crippen LogP) is 14.7. The number of hydrogen-bond donors (Lipinski definition) is 0. The van der Waals surface area contributed by atoms with Crippen LogP contribution in [0.5, 0.6) is 0 Å². The van der Waals surface area contributed by atoms with Crippen molar-refractivity contribution in [2.75, 3.05) is 24.2 Å². The molecule has 1 atom stereocenters. The van der Waals surface area contributed by atoms with Gasteiger partial charge in [0.05, 0.1) is 12.7 Å². The summed E-state index contributed by atoms with van der Waals surface area (Å²) in [5, 5.41) is 0. The Hall–Kier alpha value is 0.650. The van der Waals surface area contributed by atoms with E-state index in [1.54, 1.807) is 0 Å². The third kappa shape index (κ3) is 38.7.